The number of nitrogens with zero attached hydrogens (tertiary/aromatic N) is 2. The van der Waals surface area contributed by atoms with Crippen LogP contribution >= 0.6 is 0 Å². The smallest absolute Gasteiger partial charge is 0.282 e. The fraction of sp³-hybridized carbons (Fsp3) is 0.381. The Kier molecular flexibility index (Phi) is 4.47. The van der Waals surface area contributed by atoms with E-state index in [0.717, 1.165) is 16.8 Å². The second-order valence-electron chi connectivity index (χ2n) is 7.66. The Morgan fingerprint density at radius 2 is 1.66 bits per heavy atom. The van der Waals surface area contributed by atoms with E-state index in [0.29, 0.717) is 39.3 Å². The lowest BCUT2D eigenvalue weighted by molar-refractivity contribution is -0.121. The highest BCUT2D eigenvalue weighted by molar-refractivity contribution is 7.86. The molecule has 0 radical (unpaired) electrons. The number of nitrogens with one attached hydrogen (secondary N) is 1. The molecule has 152 valence electrons. The number of hydrogen-bond donors (Lipinski definition) is 1. The number of amides is 1. The molecule has 29 heavy (non-hydrogen) atoms. The van der Waals surface area contributed by atoms with Gasteiger partial charge in [0.25, 0.3) is 10.2 Å². The van der Waals surface area contributed by atoms with Crippen molar-refractivity contribution in [3.63, 3.8) is 0 Å². The first-order valence-electron chi connectivity index (χ1n) is 9.86. The van der Waals surface area contributed by atoms with Gasteiger partial charge in [-0.2, -0.15) is 17.0 Å². The fourth-order valence-corrected chi connectivity index (χ4v) is 6.71. The lowest BCUT2D eigenvalue weighted by atomic mass is 9.73. The Morgan fingerprint density at radius 1 is 0.966 bits per heavy atom. The van der Waals surface area contributed by atoms with Crippen LogP contribution in [0.15, 0.2) is 54.6 Å². The highest BCUT2D eigenvalue weighted by Crippen LogP contribution is 2.55. The van der Waals surface area contributed by atoms with Crippen molar-refractivity contribution in [1.29, 1.82) is 0 Å². The second-order valence-corrected chi connectivity index (χ2v) is 9.55. The molecule has 5 rings (SSSR count). The van der Waals surface area contributed by atoms with Gasteiger partial charge in [-0.25, -0.2) is 0 Å². The predicted molar refractivity (Wildman–Crippen MR) is 109 cm³/mol. The summed E-state index contributed by atoms with van der Waals surface area (Å²) in [6.45, 7) is 1.72. The summed E-state index contributed by atoms with van der Waals surface area (Å²) >= 11 is 0. The topological polar surface area (TPSA) is 79.0 Å². The number of carbonyl (C=O) groups is 1. The first-order chi connectivity index (χ1) is 14.0. The molecule has 0 unspecified atom stereocenters. The molecule has 3 aliphatic rings. The first kappa shape index (κ1) is 18.7. The molecular formula is C21H23N3O4S. The number of morpholine rings is 1. The maximum Gasteiger partial charge on any atom is 0.282 e. The van der Waals surface area contributed by atoms with E-state index in [1.165, 1.54) is 8.61 Å². The molecule has 0 saturated carbocycles. The van der Waals surface area contributed by atoms with Crippen LogP contribution in [0.1, 0.15) is 23.6 Å². The molecule has 0 bridgehead atoms. The van der Waals surface area contributed by atoms with Crippen LogP contribution in [0, 0.1) is 0 Å². The number of fused-ring (bicyclic) bond motifs is 2. The predicted octanol–water partition coefficient (Wildman–Crippen LogP) is 1.90. The molecule has 2 saturated heterocycles. The molecule has 1 amide bonds. The molecule has 0 aliphatic carbocycles. The van der Waals surface area contributed by atoms with Gasteiger partial charge in [0.1, 0.15) is 0 Å². The van der Waals surface area contributed by atoms with Crippen LogP contribution in [-0.2, 0) is 25.2 Å². The summed E-state index contributed by atoms with van der Waals surface area (Å²) in [6.07, 6.45) is 0.443. The zero-order chi connectivity index (χ0) is 20.1. The average molecular weight is 413 g/mol. The van der Waals surface area contributed by atoms with Crippen molar-refractivity contribution in [3.05, 3.63) is 65.7 Å². The SMILES string of the molecule is O=C1Nc2ccccc2[C@@]12CCN(S(=O)(=O)N1CCOCC1)[C@H]2c1ccccc1. The zero-order valence-electron chi connectivity index (χ0n) is 16.0. The van der Waals surface area contributed by atoms with Crippen LogP contribution in [-0.4, -0.2) is 55.8 Å². The van der Waals surface area contributed by atoms with Crippen molar-refractivity contribution < 1.29 is 17.9 Å². The summed E-state index contributed by atoms with van der Waals surface area (Å²) in [6, 6.07) is 16.5. The van der Waals surface area contributed by atoms with Gasteiger partial charge in [0.15, 0.2) is 0 Å². The Bertz CT molecular complexity index is 1040. The highest BCUT2D eigenvalue weighted by atomic mass is 32.2. The minimum Gasteiger partial charge on any atom is -0.379 e. The fourth-order valence-electron chi connectivity index (χ4n) is 4.92. The van der Waals surface area contributed by atoms with Gasteiger partial charge in [-0.05, 0) is 23.6 Å². The van der Waals surface area contributed by atoms with Gasteiger partial charge in [-0.15, -0.1) is 0 Å². The van der Waals surface area contributed by atoms with Gasteiger partial charge in [0.05, 0.1) is 24.7 Å². The molecule has 7 nitrogen and oxygen atoms in total. The van der Waals surface area contributed by atoms with Crippen LogP contribution in [0.2, 0.25) is 0 Å². The third kappa shape index (κ3) is 2.74. The van der Waals surface area contributed by atoms with Crippen LogP contribution in [0.4, 0.5) is 5.69 Å². The molecular weight excluding hydrogens is 390 g/mol. The van der Waals surface area contributed by atoms with E-state index in [2.05, 4.69) is 5.32 Å². The zero-order valence-corrected chi connectivity index (χ0v) is 16.8. The summed E-state index contributed by atoms with van der Waals surface area (Å²) in [5.41, 5.74) is 1.54. The van der Waals surface area contributed by atoms with Crippen LogP contribution in [0.25, 0.3) is 0 Å². The number of hydrogen-bond acceptors (Lipinski definition) is 4. The third-order valence-electron chi connectivity index (χ3n) is 6.25. The first-order valence-corrected chi connectivity index (χ1v) is 11.3. The van der Waals surface area contributed by atoms with Gasteiger partial charge in [0.2, 0.25) is 5.91 Å². The monoisotopic (exact) mass is 413 g/mol. The molecule has 8 heteroatoms. The van der Waals surface area contributed by atoms with Gasteiger partial charge in [0, 0.05) is 25.3 Å². The standard InChI is InChI=1S/C21H23N3O4S/c25-20-21(17-8-4-5-9-18(17)22-20)10-11-24(19(21)16-6-2-1-3-7-16)29(26,27)23-12-14-28-15-13-23/h1-9,19H,10-15H2,(H,22,25)/t19-,21+/m0/s1. The van der Waals surface area contributed by atoms with E-state index in [1.807, 2.05) is 54.6 Å². The Morgan fingerprint density at radius 3 is 2.41 bits per heavy atom. The summed E-state index contributed by atoms with van der Waals surface area (Å²) in [7, 11) is -3.74. The number of anilines is 1. The lowest BCUT2D eigenvalue weighted by Crippen LogP contribution is -2.50. The second kappa shape index (κ2) is 6.91. The Hall–Kier alpha value is -2.26. The molecule has 2 fully saturated rings. The minimum atomic E-state index is -3.74. The summed E-state index contributed by atoms with van der Waals surface area (Å²) in [5.74, 6) is -0.132. The van der Waals surface area contributed by atoms with E-state index in [4.69, 9.17) is 4.74 Å². The lowest BCUT2D eigenvalue weighted by Gasteiger charge is -2.37. The minimum absolute atomic E-state index is 0.132. The van der Waals surface area contributed by atoms with E-state index >= 15 is 0 Å². The maximum absolute atomic E-state index is 13.6. The molecule has 1 spiro atoms. The summed E-state index contributed by atoms with van der Waals surface area (Å²) < 4.78 is 35.5. The van der Waals surface area contributed by atoms with Crippen molar-refractivity contribution in [1.82, 2.24) is 8.61 Å². The Balaban J connectivity index is 1.66. The summed E-state index contributed by atoms with van der Waals surface area (Å²) in [5, 5.41) is 2.99. The number of benzene rings is 2. The normalized spacial score (nSPS) is 27.9. The quantitative estimate of drug-likeness (QED) is 0.834. The van der Waals surface area contributed by atoms with Crippen molar-refractivity contribution in [3.8, 4) is 0 Å². The van der Waals surface area contributed by atoms with Crippen molar-refractivity contribution >= 4 is 21.8 Å². The maximum atomic E-state index is 13.6. The summed E-state index contributed by atoms with van der Waals surface area (Å²) in [4.78, 5) is 13.3. The van der Waals surface area contributed by atoms with Crippen LogP contribution in [0.3, 0.4) is 0 Å². The number of ether oxygens (including phenoxy) is 1. The van der Waals surface area contributed by atoms with E-state index in [1.54, 1.807) is 0 Å². The van der Waals surface area contributed by atoms with Gasteiger partial charge < -0.3 is 10.1 Å². The molecule has 0 aromatic heterocycles. The molecule has 3 aliphatic heterocycles. The van der Waals surface area contributed by atoms with E-state index < -0.39 is 21.7 Å². The Labute approximate surface area is 170 Å². The van der Waals surface area contributed by atoms with Gasteiger partial charge >= 0.3 is 0 Å². The van der Waals surface area contributed by atoms with Gasteiger partial charge in [-0.3, -0.25) is 4.79 Å². The molecule has 2 atom stereocenters. The third-order valence-corrected chi connectivity index (χ3v) is 8.25. The average Bonchev–Trinajstić information content (AvgIpc) is 3.30. The molecule has 2 aromatic rings. The highest BCUT2D eigenvalue weighted by Gasteiger charge is 2.61. The van der Waals surface area contributed by atoms with Crippen molar-refractivity contribution in [2.45, 2.75) is 17.9 Å². The number of rotatable bonds is 3. The van der Waals surface area contributed by atoms with Crippen molar-refractivity contribution in [2.24, 2.45) is 0 Å². The van der Waals surface area contributed by atoms with E-state index in [9.17, 15) is 13.2 Å². The van der Waals surface area contributed by atoms with Gasteiger partial charge in [-0.1, -0.05) is 48.5 Å². The van der Waals surface area contributed by atoms with E-state index in [-0.39, 0.29) is 5.91 Å². The molecule has 3 heterocycles. The molecule has 1 N–H and O–H groups in total. The van der Waals surface area contributed by atoms with Crippen LogP contribution in [0.5, 0.6) is 0 Å². The number of carbonyl (C=O) groups excluding carboxylic acids is 1. The van der Waals surface area contributed by atoms with Crippen LogP contribution < -0.4 is 5.32 Å². The largest absolute Gasteiger partial charge is 0.379 e. The molecule has 2 aromatic carbocycles. The number of para-hydroxylation sites is 1. The van der Waals surface area contributed by atoms with Crippen molar-refractivity contribution in [2.75, 3.05) is 38.2 Å².